The highest BCUT2D eigenvalue weighted by Gasteiger charge is 2.18. The molecule has 3 N–H and O–H groups in total. The van der Waals surface area contributed by atoms with Gasteiger partial charge in [-0.2, -0.15) is 4.37 Å². The van der Waals surface area contributed by atoms with Crippen LogP contribution in [0.4, 0.5) is 0 Å². The number of nitrogens with zero attached hydrogens (tertiary/aromatic N) is 2. The molecule has 0 fully saturated rings. The fraction of sp³-hybridized carbons (Fsp3) is 0.400. The molecule has 6 heteroatoms. The van der Waals surface area contributed by atoms with Crippen LogP contribution in [0.25, 0.3) is 0 Å². The van der Waals surface area contributed by atoms with Crippen LogP contribution in [0.1, 0.15) is 16.9 Å². The van der Waals surface area contributed by atoms with Gasteiger partial charge in [0, 0.05) is 0 Å². The van der Waals surface area contributed by atoms with Crippen LogP contribution in [0, 0.1) is 6.92 Å². The second-order valence-corrected chi connectivity index (χ2v) is 2.94. The summed E-state index contributed by atoms with van der Waals surface area (Å²) in [5.41, 5.74) is 5.23. The van der Waals surface area contributed by atoms with Crippen LogP contribution in [-0.4, -0.2) is 20.4 Å². The van der Waals surface area contributed by atoms with Crippen LogP contribution < -0.4 is 5.73 Å². The molecule has 0 aliphatic heterocycles. The molecule has 0 bridgehead atoms. The van der Waals surface area contributed by atoms with Crippen LogP contribution in [0.15, 0.2) is 0 Å². The summed E-state index contributed by atoms with van der Waals surface area (Å²) in [5.74, 6) is -0.928. The monoisotopic (exact) mass is 173 g/mol. The van der Waals surface area contributed by atoms with Gasteiger partial charge in [0.15, 0.2) is 11.9 Å². The average molecular weight is 173 g/mol. The zero-order valence-corrected chi connectivity index (χ0v) is 6.63. The van der Waals surface area contributed by atoms with E-state index in [0.717, 1.165) is 16.5 Å². The van der Waals surface area contributed by atoms with Crippen LogP contribution >= 0.6 is 11.5 Å². The molecular formula is C5H7N3O2S. The first-order valence-electron chi connectivity index (χ1n) is 2.90. The fourth-order valence-electron chi connectivity index (χ4n) is 0.552. The first-order valence-corrected chi connectivity index (χ1v) is 3.67. The third-order valence-corrected chi connectivity index (χ3v) is 1.72. The average Bonchev–Trinajstić information content (AvgIpc) is 2.34. The van der Waals surface area contributed by atoms with Crippen LogP contribution in [0.2, 0.25) is 0 Å². The van der Waals surface area contributed by atoms with Crippen LogP contribution in [-0.2, 0) is 4.79 Å². The number of hydrogen-bond donors (Lipinski definition) is 2. The number of nitrogens with two attached hydrogens (primary N) is 1. The number of aliphatic carboxylic acids is 1. The maximum Gasteiger partial charge on any atom is 0.328 e. The molecule has 1 aromatic rings. The molecule has 0 radical (unpaired) electrons. The molecule has 1 aromatic heterocycles. The minimum atomic E-state index is -1.11. The highest BCUT2D eigenvalue weighted by atomic mass is 32.1. The molecule has 0 spiro atoms. The van der Waals surface area contributed by atoms with Crippen molar-refractivity contribution in [2.24, 2.45) is 5.73 Å². The first-order chi connectivity index (χ1) is 5.11. The Hall–Kier alpha value is -1.01. The normalized spacial score (nSPS) is 12.9. The number of hydrogen-bond acceptors (Lipinski definition) is 5. The summed E-state index contributed by atoms with van der Waals surface area (Å²) in [5, 5.41) is 9.16. The van der Waals surface area contributed by atoms with Gasteiger partial charge < -0.3 is 10.8 Å². The Balaban J connectivity index is 2.84. The summed E-state index contributed by atoms with van der Waals surface area (Å²) >= 11 is 1.15. The number of carboxylic acid groups (broad SMARTS) is 1. The Labute approximate surface area is 67.0 Å². The molecule has 0 aliphatic rings. The highest BCUT2D eigenvalue weighted by Crippen LogP contribution is 2.08. The number of aromatic nitrogens is 2. The van der Waals surface area contributed by atoms with Crippen molar-refractivity contribution in [1.82, 2.24) is 9.36 Å². The van der Waals surface area contributed by atoms with E-state index < -0.39 is 12.0 Å². The largest absolute Gasteiger partial charge is 0.480 e. The van der Waals surface area contributed by atoms with Gasteiger partial charge in [0.1, 0.15) is 5.01 Å². The van der Waals surface area contributed by atoms with Gasteiger partial charge in [0.05, 0.1) is 0 Å². The Kier molecular flexibility index (Phi) is 2.16. The van der Waals surface area contributed by atoms with E-state index >= 15 is 0 Å². The van der Waals surface area contributed by atoms with E-state index in [4.69, 9.17) is 10.8 Å². The predicted octanol–water partition coefficient (Wildman–Crippen LogP) is -0.0691. The summed E-state index contributed by atoms with van der Waals surface area (Å²) in [6, 6.07) is -1.10. The van der Waals surface area contributed by atoms with Crippen molar-refractivity contribution >= 4 is 17.5 Å². The molecule has 1 unspecified atom stereocenters. The van der Waals surface area contributed by atoms with Gasteiger partial charge in [-0.3, -0.25) is 4.79 Å². The predicted molar refractivity (Wildman–Crippen MR) is 39.2 cm³/mol. The van der Waals surface area contributed by atoms with E-state index in [-0.39, 0.29) is 5.82 Å². The molecule has 1 atom stereocenters. The minimum absolute atomic E-state index is 0.181. The van der Waals surface area contributed by atoms with E-state index in [1.807, 2.05) is 0 Å². The van der Waals surface area contributed by atoms with E-state index in [1.54, 1.807) is 6.92 Å². The Morgan fingerprint density at radius 3 is 2.82 bits per heavy atom. The van der Waals surface area contributed by atoms with E-state index in [2.05, 4.69) is 9.36 Å². The second-order valence-electron chi connectivity index (χ2n) is 1.99. The van der Waals surface area contributed by atoms with Crippen LogP contribution in [0.3, 0.4) is 0 Å². The summed E-state index contributed by atoms with van der Waals surface area (Å²) in [4.78, 5) is 14.1. The van der Waals surface area contributed by atoms with E-state index in [1.165, 1.54) is 0 Å². The lowest BCUT2D eigenvalue weighted by Gasteiger charge is -1.97. The molecule has 0 saturated heterocycles. The SMILES string of the molecule is Cc1nc(C(N)C(=O)O)ns1. The van der Waals surface area contributed by atoms with E-state index in [9.17, 15) is 4.79 Å². The third kappa shape index (κ3) is 1.72. The molecule has 1 heterocycles. The van der Waals surface area contributed by atoms with Crippen molar-refractivity contribution < 1.29 is 9.90 Å². The maximum absolute atomic E-state index is 10.3. The van der Waals surface area contributed by atoms with Crippen molar-refractivity contribution in [2.45, 2.75) is 13.0 Å². The Morgan fingerprint density at radius 1 is 1.82 bits per heavy atom. The van der Waals surface area contributed by atoms with Gasteiger partial charge in [-0.1, -0.05) is 0 Å². The van der Waals surface area contributed by atoms with Gasteiger partial charge >= 0.3 is 5.97 Å². The summed E-state index contributed by atoms with van der Waals surface area (Å²) in [7, 11) is 0. The molecule has 0 saturated carbocycles. The lowest BCUT2D eigenvalue weighted by molar-refractivity contribution is -0.138. The standard InChI is InChI=1S/C5H7N3O2S/c1-2-7-4(8-11-2)3(6)5(9)10/h3H,6H2,1H3,(H,9,10). The zero-order chi connectivity index (χ0) is 8.43. The van der Waals surface area contributed by atoms with Gasteiger partial charge in [-0.05, 0) is 18.5 Å². The molecule has 0 aliphatic carbocycles. The number of carbonyl (C=O) groups is 1. The van der Waals surface area contributed by atoms with Gasteiger partial charge in [-0.15, -0.1) is 0 Å². The van der Waals surface area contributed by atoms with E-state index in [0.29, 0.717) is 0 Å². The Morgan fingerprint density at radius 2 is 2.45 bits per heavy atom. The summed E-state index contributed by atoms with van der Waals surface area (Å²) in [6.07, 6.45) is 0. The third-order valence-electron chi connectivity index (χ3n) is 1.09. The van der Waals surface area contributed by atoms with Gasteiger partial charge in [0.25, 0.3) is 0 Å². The van der Waals surface area contributed by atoms with Crippen molar-refractivity contribution in [3.8, 4) is 0 Å². The van der Waals surface area contributed by atoms with Crippen molar-refractivity contribution in [2.75, 3.05) is 0 Å². The fourth-order valence-corrected chi connectivity index (χ4v) is 1.07. The first kappa shape index (κ1) is 8.09. The topological polar surface area (TPSA) is 89.1 Å². The molecule has 60 valence electrons. The smallest absolute Gasteiger partial charge is 0.328 e. The lowest BCUT2D eigenvalue weighted by atomic mass is 10.3. The number of carboxylic acids is 1. The Bertz CT molecular complexity index is 272. The molecule has 5 nitrogen and oxygen atoms in total. The molecule has 11 heavy (non-hydrogen) atoms. The second kappa shape index (κ2) is 2.93. The quantitative estimate of drug-likeness (QED) is 0.653. The van der Waals surface area contributed by atoms with Crippen molar-refractivity contribution in [1.29, 1.82) is 0 Å². The van der Waals surface area contributed by atoms with Crippen LogP contribution in [0.5, 0.6) is 0 Å². The maximum atomic E-state index is 10.3. The summed E-state index contributed by atoms with van der Waals surface area (Å²) < 4.78 is 3.76. The minimum Gasteiger partial charge on any atom is -0.480 e. The molecular weight excluding hydrogens is 166 g/mol. The summed E-state index contributed by atoms with van der Waals surface area (Å²) in [6.45, 7) is 1.75. The zero-order valence-electron chi connectivity index (χ0n) is 5.81. The molecule has 1 rings (SSSR count). The number of rotatable bonds is 2. The lowest BCUT2D eigenvalue weighted by Crippen LogP contribution is -2.21. The highest BCUT2D eigenvalue weighted by molar-refractivity contribution is 7.05. The molecule has 0 amide bonds. The van der Waals surface area contributed by atoms with Gasteiger partial charge in [0.2, 0.25) is 0 Å². The van der Waals surface area contributed by atoms with Crippen molar-refractivity contribution in [3.05, 3.63) is 10.8 Å². The van der Waals surface area contributed by atoms with Crippen molar-refractivity contribution in [3.63, 3.8) is 0 Å². The number of aryl methyl sites for hydroxylation is 1. The van der Waals surface area contributed by atoms with Gasteiger partial charge in [-0.25, -0.2) is 4.98 Å². The molecule has 0 aromatic carbocycles.